The molecule has 1 aromatic heterocycles. The van der Waals surface area contributed by atoms with Crippen molar-refractivity contribution in [3.8, 4) is 5.75 Å². The molecule has 0 fully saturated rings. The molecule has 0 spiro atoms. The molecule has 0 aliphatic carbocycles. The minimum atomic E-state index is 0.446. The van der Waals surface area contributed by atoms with E-state index in [9.17, 15) is 0 Å². The first-order valence-corrected chi connectivity index (χ1v) is 7.35. The first kappa shape index (κ1) is 15.4. The van der Waals surface area contributed by atoms with E-state index in [4.69, 9.17) is 9.15 Å². The van der Waals surface area contributed by atoms with Gasteiger partial charge in [-0.25, -0.2) is 0 Å². The average Bonchev–Trinajstić information content (AvgIpc) is 2.85. The van der Waals surface area contributed by atoms with Gasteiger partial charge in [0.1, 0.15) is 23.9 Å². The highest BCUT2D eigenvalue weighted by Gasteiger charge is 2.09. The van der Waals surface area contributed by atoms with Crippen LogP contribution in [0.2, 0.25) is 0 Å². The second-order valence-electron chi connectivity index (χ2n) is 4.99. The summed E-state index contributed by atoms with van der Waals surface area (Å²) >= 11 is 0. The summed E-state index contributed by atoms with van der Waals surface area (Å²) in [5, 5.41) is 3.27. The Bertz CT molecular complexity index is 587. The van der Waals surface area contributed by atoms with Gasteiger partial charge in [-0.1, -0.05) is 31.2 Å². The van der Waals surface area contributed by atoms with Gasteiger partial charge in [-0.3, -0.25) is 0 Å². The van der Waals surface area contributed by atoms with Crippen molar-refractivity contribution in [3.63, 3.8) is 0 Å². The molecule has 3 heteroatoms. The van der Waals surface area contributed by atoms with E-state index >= 15 is 0 Å². The highest BCUT2D eigenvalue weighted by Crippen LogP contribution is 2.21. The molecule has 2 aromatic rings. The minimum absolute atomic E-state index is 0.446. The number of aryl methyl sites for hydroxylation is 1. The van der Waals surface area contributed by atoms with E-state index in [0.29, 0.717) is 6.61 Å². The molecule has 0 unspecified atom stereocenters. The molecule has 0 aliphatic heterocycles. The summed E-state index contributed by atoms with van der Waals surface area (Å²) in [6, 6.07) is 10.1. The number of benzene rings is 1. The van der Waals surface area contributed by atoms with Crippen LogP contribution in [-0.2, 0) is 19.6 Å². The molecule has 21 heavy (non-hydrogen) atoms. The summed E-state index contributed by atoms with van der Waals surface area (Å²) in [5.41, 5.74) is 2.30. The summed E-state index contributed by atoms with van der Waals surface area (Å²) in [4.78, 5) is 0. The number of rotatable bonds is 8. The van der Waals surface area contributed by atoms with Gasteiger partial charge in [0.05, 0.1) is 6.54 Å². The standard InChI is InChI=1S/C18H23NO2/c1-4-8-15-9-6-7-10-17(15)20-13-16-11-14(3)18(21-16)12-19-5-2/h4,6-7,9-11,19H,1,5,8,12-13H2,2-3H3. The van der Waals surface area contributed by atoms with Crippen molar-refractivity contribution in [2.75, 3.05) is 6.54 Å². The summed E-state index contributed by atoms with van der Waals surface area (Å²) in [5.74, 6) is 2.73. The third-order valence-corrected chi connectivity index (χ3v) is 3.31. The summed E-state index contributed by atoms with van der Waals surface area (Å²) in [6.45, 7) is 10.1. The number of allylic oxidation sites excluding steroid dienone is 1. The molecule has 0 aliphatic rings. The lowest BCUT2D eigenvalue weighted by Gasteiger charge is -2.08. The van der Waals surface area contributed by atoms with Gasteiger partial charge in [0, 0.05) is 0 Å². The maximum atomic E-state index is 5.89. The van der Waals surface area contributed by atoms with E-state index < -0.39 is 0 Å². The smallest absolute Gasteiger partial charge is 0.146 e. The number of nitrogens with one attached hydrogen (secondary N) is 1. The Labute approximate surface area is 126 Å². The van der Waals surface area contributed by atoms with Gasteiger partial charge in [-0.15, -0.1) is 6.58 Å². The molecule has 1 aromatic carbocycles. The molecule has 0 saturated heterocycles. The van der Waals surface area contributed by atoms with Crippen LogP contribution in [0.4, 0.5) is 0 Å². The van der Waals surface area contributed by atoms with E-state index in [0.717, 1.165) is 47.9 Å². The molecule has 0 bridgehead atoms. The Morgan fingerprint density at radius 2 is 2.14 bits per heavy atom. The number of hydrogen-bond donors (Lipinski definition) is 1. The molecule has 0 atom stereocenters. The van der Waals surface area contributed by atoms with E-state index in [1.54, 1.807) is 0 Å². The number of para-hydroxylation sites is 1. The minimum Gasteiger partial charge on any atom is -0.485 e. The fourth-order valence-electron chi connectivity index (χ4n) is 2.19. The fraction of sp³-hybridized carbons (Fsp3) is 0.333. The zero-order valence-electron chi connectivity index (χ0n) is 12.8. The van der Waals surface area contributed by atoms with Crippen molar-refractivity contribution in [1.82, 2.24) is 5.32 Å². The van der Waals surface area contributed by atoms with E-state index in [-0.39, 0.29) is 0 Å². The largest absolute Gasteiger partial charge is 0.485 e. The van der Waals surface area contributed by atoms with E-state index in [2.05, 4.69) is 31.8 Å². The Morgan fingerprint density at radius 3 is 2.90 bits per heavy atom. The Balaban J connectivity index is 2.01. The van der Waals surface area contributed by atoms with Crippen molar-refractivity contribution >= 4 is 0 Å². The van der Waals surface area contributed by atoms with Crippen molar-refractivity contribution in [2.45, 2.75) is 33.4 Å². The first-order chi connectivity index (χ1) is 10.2. The summed E-state index contributed by atoms with van der Waals surface area (Å²) in [6.07, 6.45) is 2.69. The number of furan rings is 1. The molecule has 0 radical (unpaired) electrons. The van der Waals surface area contributed by atoms with Crippen molar-refractivity contribution in [2.24, 2.45) is 0 Å². The molecule has 0 saturated carbocycles. The number of ether oxygens (including phenoxy) is 1. The first-order valence-electron chi connectivity index (χ1n) is 7.35. The van der Waals surface area contributed by atoms with E-state index in [1.807, 2.05) is 30.3 Å². The molecule has 112 valence electrons. The lowest BCUT2D eigenvalue weighted by Crippen LogP contribution is -2.11. The summed E-state index contributed by atoms with van der Waals surface area (Å²) < 4.78 is 11.7. The second kappa shape index (κ2) is 7.70. The van der Waals surface area contributed by atoms with Crippen molar-refractivity contribution in [1.29, 1.82) is 0 Å². The molecule has 1 N–H and O–H groups in total. The zero-order chi connectivity index (χ0) is 15.1. The third-order valence-electron chi connectivity index (χ3n) is 3.31. The van der Waals surface area contributed by atoms with Crippen LogP contribution < -0.4 is 10.1 Å². The maximum absolute atomic E-state index is 5.89. The van der Waals surface area contributed by atoms with Crippen LogP contribution in [0.15, 0.2) is 47.4 Å². The SMILES string of the molecule is C=CCc1ccccc1OCc1cc(C)c(CNCC)o1. The Hall–Kier alpha value is -2.00. The van der Waals surface area contributed by atoms with Crippen molar-refractivity contribution in [3.05, 3.63) is 65.6 Å². The third kappa shape index (κ3) is 4.23. The monoisotopic (exact) mass is 285 g/mol. The van der Waals surface area contributed by atoms with Crippen LogP contribution in [0.1, 0.15) is 29.6 Å². The van der Waals surface area contributed by atoms with Crippen LogP contribution >= 0.6 is 0 Å². The molecular formula is C18H23NO2. The molecule has 1 heterocycles. The van der Waals surface area contributed by atoms with Gasteiger partial charge in [-0.2, -0.15) is 0 Å². The summed E-state index contributed by atoms with van der Waals surface area (Å²) in [7, 11) is 0. The van der Waals surface area contributed by atoms with Gasteiger partial charge >= 0.3 is 0 Å². The van der Waals surface area contributed by atoms with Gasteiger partial charge in [0.2, 0.25) is 0 Å². The van der Waals surface area contributed by atoms with Crippen LogP contribution in [-0.4, -0.2) is 6.54 Å². The van der Waals surface area contributed by atoms with E-state index in [1.165, 1.54) is 0 Å². The highest BCUT2D eigenvalue weighted by molar-refractivity contribution is 5.34. The van der Waals surface area contributed by atoms with Gasteiger partial charge in [-0.05, 0) is 43.1 Å². The second-order valence-corrected chi connectivity index (χ2v) is 4.99. The lowest BCUT2D eigenvalue weighted by atomic mass is 10.1. The molecule has 2 rings (SSSR count). The predicted molar refractivity (Wildman–Crippen MR) is 85.5 cm³/mol. The van der Waals surface area contributed by atoms with Gasteiger partial charge < -0.3 is 14.5 Å². The van der Waals surface area contributed by atoms with Crippen LogP contribution in [0.3, 0.4) is 0 Å². The molecule has 0 amide bonds. The van der Waals surface area contributed by atoms with Gasteiger partial charge in [0.15, 0.2) is 0 Å². The number of hydrogen-bond acceptors (Lipinski definition) is 3. The van der Waals surface area contributed by atoms with Gasteiger partial charge in [0.25, 0.3) is 0 Å². The van der Waals surface area contributed by atoms with Crippen LogP contribution in [0.5, 0.6) is 5.75 Å². The molecule has 3 nitrogen and oxygen atoms in total. The fourth-order valence-corrected chi connectivity index (χ4v) is 2.19. The lowest BCUT2D eigenvalue weighted by molar-refractivity contribution is 0.263. The zero-order valence-corrected chi connectivity index (χ0v) is 12.8. The topological polar surface area (TPSA) is 34.4 Å². The quantitative estimate of drug-likeness (QED) is 0.744. The van der Waals surface area contributed by atoms with Crippen LogP contribution in [0, 0.1) is 6.92 Å². The normalized spacial score (nSPS) is 10.6. The Kier molecular flexibility index (Phi) is 5.64. The average molecular weight is 285 g/mol. The van der Waals surface area contributed by atoms with Crippen LogP contribution in [0.25, 0.3) is 0 Å². The Morgan fingerprint density at radius 1 is 1.33 bits per heavy atom. The molecular weight excluding hydrogens is 262 g/mol. The van der Waals surface area contributed by atoms with Crippen molar-refractivity contribution < 1.29 is 9.15 Å². The highest BCUT2D eigenvalue weighted by atomic mass is 16.5. The predicted octanol–water partition coefficient (Wildman–Crippen LogP) is 4.01. The maximum Gasteiger partial charge on any atom is 0.146 e.